The molecule has 0 fully saturated rings. The Bertz CT molecular complexity index is 520. The van der Waals surface area contributed by atoms with Crippen LogP contribution in [-0.2, 0) is 0 Å². The van der Waals surface area contributed by atoms with Gasteiger partial charge >= 0.3 is 0 Å². The smallest absolute Gasteiger partial charge is 0.109 e. The molecule has 4 heteroatoms. The summed E-state index contributed by atoms with van der Waals surface area (Å²) in [6.07, 6.45) is 0. The summed E-state index contributed by atoms with van der Waals surface area (Å²) in [7, 11) is 0. The summed E-state index contributed by atoms with van der Waals surface area (Å²) >= 11 is 0. The number of nitrogens with two attached hydrogens (primary N) is 2. The van der Waals surface area contributed by atoms with Crippen LogP contribution in [0.2, 0.25) is 0 Å². The zero-order valence-corrected chi connectivity index (χ0v) is 8.67. The van der Waals surface area contributed by atoms with Gasteiger partial charge in [-0.2, -0.15) is 5.11 Å². The molecule has 0 heterocycles. The minimum atomic E-state index is 0.607. The van der Waals surface area contributed by atoms with E-state index in [1.54, 1.807) is 18.2 Å². The second-order valence-electron chi connectivity index (χ2n) is 3.35. The first-order chi connectivity index (χ1) is 7.75. The summed E-state index contributed by atoms with van der Waals surface area (Å²) in [4.78, 5) is 0. The molecule has 2 aromatic rings. The Morgan fingerprint density at radius 3 is 2.38 bits per heavy atom. The van der Waals surface area contributed by atoms with Gasteiger partial charge in [0, 0.05) is 5.69 Å². The fraction of sp³-hybridized carbons (Fsp3) is 0. The maximum absolute atomic E-state index is 5.74. The van der Waals surface area contributed by atoms with E-state index in [2.05, 4.69) is 10.2 Å². The highest BCUT2D eigenvalue weighted by Crippen LogP contribution is 2.24. The predicted octanol–water partition coefficient (Wildman–Crippen LogP) is 3.27. The van der Waals surface area contributed by atoms with E-state index in [1.807, 2.05) is 30.3 Å². The molecule has 0 aromatic heterocycles. The van der Waals surface area contributed by atoms with E-state index >= 15 is 0 Å². The Kier molecular flexibility index (Phi) is 2.82. The molecule has 0 saturated carbocycles. The standard InChI is InChI=1S/C12H12N4/c13-9-4-3-5-10(8-9)15-16-12-7-2-1-6-11(12)14/h1-8H,13-14H2. The SMILES string of the molecule is Nc1cccc(N=Nc2ccccc2N)c1. The van der Waals surface area contributed by atoms with Crippen molar-refractivity contribution >= 4 is 22.7 Å². The third-order valence-corrected chi connectivity index (χ3v) is 2.08. The first kappa shape index (κ1) is 10.2. The van der Waals surface area contributed by atoms with Gasteiger partial charge in [-0.15, -0.1) is 5.11 Å². The van der Waals surface area contributed by atoms with Crippen LogP contribution in [-0.4, -0.2) is 0 Å². The van der Waals surface area contributed by atoms with Crippen LogP contribution in [0.15, 0.2) is 58.8 Å². The van der Waals surface area contributed by atoms with Gasteiger partial charge in [0.2, 0.25) is 0 Å². The number of nitrogen functional groups attached to an aromatic ring is 2. The van der Waals surface area contributed by atoms with E-state index in [-0.39, 0.29) is 0 Å². The van der Waals surface area contributed by atoms with Gasteiger partial charge in [0.25, 0.3) is 0 Å². The fourth-order valence-electron chi connectivity index (χ4n) is 1.28. The van der Waals surface area contributed by atoms with Crippen molar-refractivity contribution in [2.45, 2.75) is 0 Å². The molecule has 2 rings (SSSR count). The number of hydrogen-bond acceptors (Lipinski definition) is 4. The molecular formula is C12H12N4. The Morgan fingerprint density at radius 1 is 0.812 bits per heavy atom. The molecule has 0 bridgehead atoms. The molecule has 4 N–H and O–H groups in total. The summed E-state index contributed by atoms with van der Waals surface area (Å²) in [5.41, 5.74) is 14.0. The van der Waals surface area contributed by atoms with Crippen molar-refractivity contribution in [1.29, 1.82) is 0 Å². The van der Waals surface area contributed by atoms with Gasteiger partial charge in [-0.1, -0.05) is 18.2 Å². The molecule has 4 nitrogen and oxygen atoms in total. The van der Waals surface area contributed by atoms with Crippen molar-refractivity contribution in [1.82, 2.24) is 0 Å². The summed E-state index contributed by atoms with van der Waals surface area (Å²) in [5, 5.41) is 8.12. The van der Waals surface area contributed by atoms with E-state index < -0.39 is 0 Å². The summed E-state index contributed by atoms with van der Waals surface area (Å²) in [6, 6.07) is 14.5. The lowest BCUT2D eigenvalue weighted by molar-refractivity contribution is 1.23. The molecule has 0 unspecified atom stereocenters. The monoisotopic (exact) mass is 212 g/mol. The average Bonchev–Trinajstić information content (AvgIpc) is 2.28. The normalized spacial score (nSPS) is 10.8. The Balaban J connectivity index is 2.25. The van der Waals surface area contributed by atoms with Gasteiger partial charge in [-0.25, -0.2) is 0 Å². The molecule has 16 heavy (non-hydrogen) atoms. The number of anilines is 2. The van der Waals surface area contributed by atoms with Gasteiger partial charge in [0.05, 0.1) is 11.4 Å². The first-order valence-corrected chi connectivity index (χ1v) is 4.87. The van der Waals surface area contributed by atoms with Crippen LogP contribution in [0.25, 0.3) is 0 Å². The van der Waals surface area contributed by atoms with Crippen molar-refractivity contribution < 1.29 is 0 Å². The van der Waals surface area contributed by atoms with Crippen molar-refractivity contribution in [2.24, 2.45) is 10.2 Å². The van der Waals surface area contributed by atoms with Gasteiger partial charge in [0.1, 0.15) is 5.69 Å². The molecular weight excluding hydrogens is 200 g/mol. The minimum Gasteiger partial charge on any atom is -0.399 e. The molecule has 2 aromatic carbocycles. The van der Waals surface area contributed by atoms with Gasteiger partial charge in [0.15, 0.2) is 0 Å². The van der Waals surface area contributed by atoms with Crippen molar-refractivity contribution in [2.75, 3.05) is 11.5 Å². The maximum atomic E-state index is 5.74. The topological polar surface area (TPSA) is 76.8 Å². The van der Waals surface area contributed by atoms with Crippen molar-refractivity contribution in [3.8, 4) is 0 Å². The number of para-hydroxylation sites is 1. The molecule has 0 amide bonds. The van der Waals surface area contributed by atoms with Gasteiger partial charge in [-0.3, -0.25) is 0 Å². The number of hydrogen-bond donors (Lipinski definition) is 2. The number of azo groups is 1. The minimum absolute atomic E-state index is 0.607. The third kappa shape index (κ3) is 2.36. The summed E-state index contributed by atoms with van der Waals surface area (Å²) in [6.45, 7) is 0. The molecule has 0 radical (unpaired) electrons. The highest BCUT2D eigenvalue weighted by molar-refractivity contribution is 5.61. The van der Waals surface area contributed by atoms with Crippen molar-refractivity contribution in [3.05, 3.63) is 48.5 Å². The van der Waals surface area contributed by atoms with Crippen molar-refractivity contribution in [3.63, 3.8) is 0 Å². The highest BCUT2D eigenvalue weighted by atomic mass is 15.1. The molecule has 0 atom stereocenters. The Labute approximate surface area is 93.6 Å². The molecule has 0 aliphatic carbocycles. The number of benzene rings is 2. The van der Waals surface area contributed by atoms with Crippen LogP contribution < -0.4 is 11.5 Å². The quantitative estimate of drug-likeness (QED) is 0.592. The predicted molar refractivity (Wildman–Crippen MR) is 65.9 cm³/mol. The Morgan fingerprint density at radius 2 is 1.62 bits per heavy atom. The van der Waals surface area contributed by atoms with Crippen LogP contribution in [0.3, 0.4) is 0 Å². The maximum Gasteiger partial charge on any atom is 0.109 e. The summed E-state index contributed by atoms with van der Waals surface area (Å²) in [5.74, 6) is 0. The lowest BCUT2D eigenvalue weighted by atomic mass is 10.3. The van der Waals surface area contributed by atoms with Crippen LogP contribution in [0.5, 0.6) is 0 Å². The highest BCUT2D eigenvalue weighted by Gasteiger charge is 1.94. The van der Waals surface area contributed by atoms with E-state index in [0.717, 1.165) is 0 Å². The zero-order valence-electron chi connectivity index (χ0n) is 8.67. The van der Waals surface area contributed by atoms with E-state index in [9.17, 15) is 0 Å². The Hall–Kier alpha value is -2.36. The van der Waals surface area contributed by atoms with E-state index in [0.29, 0.717) is 22.7 Å². The number of nitrogens with zero attached hydrogens (tertiary/aromatic N) is 2. The lowest BCUT2D eigenvalue weighted by Crippen LogP contribution is -1.83. The second-order valence-corrected chi connectivity index (χ2v) is 3.35. The first-order valence-electron chi connectivity index (χ1n) is 4.87. The fourth-order valence-corrected chi connectivity index (χ4v) is 1.28. The molecule has 0 spiro atoms. The average molecular weight is 212 g/mol. The third-order valence-electron chi connectivity index (χ3n) is 2.08. The van der Waals surface area contributed by atoms with Gasteiger partial charge < -0.3 is 11.5 Å². The lowest BCUT2D eigenvalue weighted by Gasteiger charge is -1.97. The van der Waals surface area contributed by atoms with E-state index in [4.69, 9.17) is 11.5 Å². The van der Waals surface area contributed by atoms with Crippen LogP contribution in [0, 0.1) is 0 Å². The summed E-state index contributed by atoms with van der Waals surface area (Å²) < 4.78 is 0. The van der Waals surface area contributed by atoms with E-state index in [1.165, 1.54) is 0 Å². The number of rotatable bonds is 2. The zero-order chi connectivity index (χ0) is 11.4. The largest absolute Gasteiger partial charge is 0.399 e. The van der Waals surface area contributed by atoms with Crippen LogP contribution in [0.4, 0.5) is 22.7 Å². The van der Waals surface area contributed by atoms with Crippen LogP contribution >= 0.6 is 0 Å². The molecule has 0 aliphatic heterocycles. The molecule has 0 aliphatic rings. The van der Waals surface area contributed by atoms with Crippen LogP contribution in [0.1, 0.15) is 0 Å². The molecule has 80 valence electrons. The molecule has 0 saturated heterocycles. The second kappa shape index (κ2) is 4.44. The van der Waals surface area contributed by atoms with Gasteiger partial charge in [-0.05, 0) is 30.3 Å².